The molecule has 31 heavy (non-hydrogen) atoms. The Hall–Kier alpha value is -1.54. The summed E-state index contributed by atoms with van der Waals surface area (Å²) >= 11 is 0.455. The van der Waals surface area contributed by atoms with Gasteiger partial charge in [-0.25, -0.2) is 8.78 Å². The van der Waals surface area contributed by atoms with Crippen molar-refractivity contribution in [3.63, 3.8) is 0 Å². The highest BCUT2D eigenvalue weighted by atomic mass is 32.2. The molecule has 5 nitrogen and oxygen atoms in total. The molecule has 4 aliphatic rings. The summed E-state index contributed by atoms with van der Waals surface area (Å²) in [4.78, 5) is 36.9. The largest absolute Gasteiger partial charge is 0.450 e. The first-order valence-electron chi connectivity index (χ1n) is 10.7. The van der Waals surface area contributed by atoms with Gasteiger partial charge in [-0.15, -0.1) is 0 Å². The number of carbonyl (C=O) groups excluding carboxylic acids is 3. The first-order valence-corrected chi connectivity index (χ1v) is 11.7. The van der Waals surface area contributed by atoms with Gasteiger partial charge in [-0.3, -0.25) is 14.4 Å². The van der Waals surface area contributed by atoms with Gasteiger partial charge in [0, 0.05) is 23.7 Å². The number of ketones is 1. The van der Waals surface area contributed by atoms with Crippen molar-refractivity contribution >= 4 is 28.6 Å². The topological polar surface area (TPSA) is 80.7 Å². The van der Waals surface area contributed by atoms with Crippen LogP contribution < -0.4 is 0 Å². The monoisotopic (exact) mass is 454 g/mol. The van der Waals surface area contributed by atoms with E-state index in [1.807, 2.05) is 0 Å². The molecule has 0 aromatic heterocycles. The zero-order valence-corrected chi connectivity index (χ0v) is 18.8. The van der Waals surface area contributed by atoms with E-state index in [9.17, 15) is 23.9 Å². The van der Waals surface area contributed by atoms with E-state index in [4.69, 9.17) is 4.74 Å². The maximum atomic E-state index is 17.0. The van der Waals surface area contributed by atoms with Crippen molar-refractivity contribution in [1.29, 1.82) is 0 Å². The average molecular weight is 455 g/mol. The number of aliphatic hydroxyl groups is 1. The van der Waals surface area contributed by atoms with Gasteiger partial charge in [-0.2, -0.15) is 0 Å². The molecular formula is C23H28F2O5S. The molecule has 0 radical (unpaired) electrons. The summed E-state index contributed by atoms with van der Waals surface area (Å²) in [5.41, 5.74) is -5.10. The van der Waals surface area contributed by atoms with Crippen LogP contribution in [0.25, 0.3) is 0 Å². The van der Waals surface area contributed by atoms with Crippen LogP contribution in [0.15, 0.2) is 23.8 Å². The normalized spacial score (nSPS) is 45.9. The number of ether oxygens (including phenoxy) is 1. The van der Waals surface area contributed by atoms with Gasteiger partial charge in [0.1, 0.15) is 6.01 Å². The number of esters is 1. The van der Waals surface area contributed by atoms with E-state index in [1.54, 1.807) is 19.9 Å². The van der Waals surface area contributed by atoms with Gasteiger partial charge in [0.05, 0.1) is 6.10 Å². The Kier molecular flexibility index (Phi) is 5.29. The van der Waals surface area contributed by atoms with Gasteiger partial charge in [0.25, 0.3) is 0 Å². The van der Waals surface area contributed by atoms with Crippen molar-refractivity contribution in [2.24, 2.45) is 22.7 Å². The van der Waals surface area contributed by atoms with Crippen LogP contribution in [-0.4, -0.2) is 45.4 Å². The molecule has 3 fully saturated rings. The summed E-state index contributed by atoms with van der Waals surface area (Å²) in [7, 11) is 0. The van der Waals surface area contributed by atoms with E-state index >= 15 is 4.39 Å². The highest BCUT2D eigenvalue weighted by Crippen LogP contribution is 2.70. The van der Waals surface area contributed by atoms with Crippen LogP contribution >= 0.6 is 11.8 Å². The first kappa shape index (κ1) is 22.6. The number of allylic oxidation sites excluding steroid dienone is 4. The summed E-state index contributed by atoms with van der Waals surface area (Å²) in [6.07, 6.45) is 4.39. The van der Waals surface area contributed by atoms with Crippen LogP contribution in [0, 0.1) is 22.7 Å². The number of fused-ring (bicyclic) bond motifs is 5. The van der Waals surface area contributed by atoms with Crippen molar-refractivity contribution in [1.82, 2.24) is 0 Å². The van der Waals surface area contributed by atoms with Gasteiger partial charge in [0.15, 0.2) is 17.1 Å². The van der Waals surface area contributed by atoms with Crippen molar-refractivity contribution in [2.45, 2.75) is 70.2 Å². The minimum absolute atomic E-state index is 0.0960. The minimum Gasteiger partial charge on any atom is -0.450 e. The number of halogens is 2. The highest BCUT2D eigenvalue weighted by molar-refractivity contribution is 8.13. The van der Waals surface area contributed by atoms with E-state index in [0.717, 1.165) is 0 Å². The molecule has 8 heteroatoms. The van der Waals surface area contributed by atoms with Crippen LogP contribution in [-0.2, 0) is 19.1 Å². The van der Waals surface area contributed by atoms with E-state index in [0.29, 0.717) is 36.6 Å². The summed E-state index contributed by atoms with van der Waals surface area (Å²) in [6.45, 7) is 4.69. The summed E-state index contributed by atoms with van der Waals surface area (Å²) in [5.74, 6) is -1.78. The van der Waals surface area contributed by atoms with Gasteiger partial charge in [-0.05, 0) is 68.9 Å². The zero-order valence-electron chi connectivity index (χ0n) is 18.0. The van der Waals surface area contributed by atoms with E-state index in [1.165, 1.54) is 19.1 Å². The van der Waals surface area contributed by atoms with Crippen molar-refractivity contribution < 1.29 is 33.0 Å². The summed E-state index contributed by atoms with van der Waals surface area (Å²) in [5, 5.41) is 10.7. The molecule has 0 heterocycles. The highest BCUT2D eigenvalue weighted by Gasteiger charge is 2.75. The van der Waals surface area contributed by atoms with Crippen molar-refractivity contribution in [3.05, 3.63) is 23.8 Å². The van der Waals surface area contributed by atoms with Gasteiger partial charge in [-0.1, -0.05) is 18.6 Å². The molecular weight excluding hydrogens is 426 g/mol. The third kappa shape index (κ3) is 2.79. The molecule has 4 rings (SSSR count). The molecule has 0 amide bonds. The predicted octanol–water partition coefficient (Wildman–Crippen LogP) is 3.85. The van der Waals surface area contributed by atoms with Gasteiger partial charge in [0.2, 0.25) is 5.12 Å². The Morgan fingerprint density at radius 2 is 2.00 bits per heavy atom. The number of hydrogen-bond acceptors (Lipinski definition) is 6. The molecule has 0 spiro atoms. The molecule has 4 aliphatic carbocycles. The quantitative estimate of drug-likeness (QED) is 0.653. The van der Waals surface area contributed by atoms with Gasteiger partial charge < -0.3 is 9.84 Å². The van der Waals surface area contributed by atoms with Crippen LogP contribution in [0.4, 0.5) is 8.78 Å². The number of hydrogen-bond donors (Lipinski definition) is 1. The fourth-order valence-corrected chi connectivity index (χ4v) is 7.86. The number of alkyl halides is 2. The predicted molar refractivity (Wildman–Crippen MR) is 111 cm³/mol. The average Bonchev–Trinajstić information content (AvgIpc) is 2.96. The Balaban J connectivity index is 1.81. The smallest absolute Gasteiger partial charge is 0.303 e. The van der Waals surface area contributed by atoms with E-state index in [-0.39, 0.29) is 24.5 Å². The second-order valence-electron chi connectivity index (χ2n) is 9.76. The van der Waals surface area contributed by atoms with Crippen LogP contribution in [0.1, 0.15) is 52.9 Å². The minimum atomic E-state index is -2.03. The SMILES string of the molecule is CC(=O)O[C@]1(C(=O)SCF)CC[C@H]2[C@@H]3CCC4=CC(=O)C=C[C@]4(C)[C@@]3(F)[C@@H](O)C[C@@]21C. The van der Waals surface area contributed by atoms with Crippen LogP contribution in [0.2, 0.25) is 0 Å². The third-order valence-corrected chi connectivity index (χ3v) is 9.30. The van der Waals surface area contributed by atoms with E-state index < -0.39 is 51.2 Å². The fourth-order valence-electron chi connectivity index (χ4n) is 7.15. The summed E-state index contributed by atoms with van der Waals surface area (Å²) in [6, 6.07) is -0.952. The Morgan fingerprint density at radius 1 is 1.29 bits per heavy atom. The maximum absolute atomic E-state index is 17.0. The lowest BCUT2D eigenvalue weighted by atomic mass is 9.45. The summed E-state index contributed by atoms with van der Waals surface area (Å²) < 4.78 is 35.7. The van der Waals surface area contributed by atoms with E-state index in [2.05, 4.69) is 0 Å². The van der Waals surface area contributed by atoms with Crippen molar-refractivity contribution in [3.8, 4) is 0 Å². The first-order chi connectivity index (χ1) is 14.5. The molecule has 3 saturated carbocycles. The number of thioether (sulfide) groups is 1. The molecule has 0 aliphatic heterocycles. The zero-order chi connectivity index (χ0) is 22.8. The lowest BCUT2D eigenvalue weighted by Gasteiger charge is -2.62. The Labute approximate surface area is 184 Å². The van der Waals surface area contributed by atoms with Crippen LogP contribution in [0.5, 0.6) is 0 Å². The number of aliphatic hydroxyl groups excluding tert-OH is 1. The standard InChI is InChI=1S/C23H28F2O5S/c1-13(26)30-22(19(29)31-12-24)9-7-16-17-5-4-14-10-15(27)6-8-20(14,2)23(17,25)18(28)11-21(16,22)3/h6,8,10,16-18,28H,4-5,7,9,11-12H2,1-3H3/t16-,17-,18-,20-,21-,22-,23-/m0/s1. The Bertz CT molecular complexity index is 902. The van der Waals surface area contributed by atoms with Gasteiger partial charge >= 0.3 is 5.97 Å². The Morgan fingerprint density at radius 3 is 2.65 bits per heavy atom. The molecule has 0 aromatic rings. The number of rotatable bonds is 3. The van der Waals surface area contributed by atoms with Crippen LogP contribution in [0.3, 0.4) is 0 Å². The second-order valence-corrected chi connectivity index (χ2v) is 10.6. The third-order valence-electron chi connectivity index (χ3n) is 8.59. The molecule has 7 atom stereocenters. The maximum Gasteiger partial charge on any atom is 0.303 e. The molecule has 1 N–H and O–H groups in total. The lowest BCUT2D eigenvalue weighted by molar-refractivity contribution is -0.221. The number of carbonyl (C=O) groups is 3. The molecule has 0 saturated heterocycles. The molecule has 0 unspecified atom stereocenters. The fraction of sp³-hybridized carbons (Fsp3) is 0.696. The van der Waals surface area contributed by atoms with Crippen molar-refractivity contribution in [2.75, 3.05) is 6.01 Å². The lowest BCUT2D eigenvalue weighted by Crippen LogP contribution is -2.69. The molecule has 0 aromatic carbocycles. The molecule has 0 bridgehead atoms. The molecule has 170 valence electrons. The second kappa shape index (κ2) is 7.24.